The Morgan fingerprint density at radius 2 is 1.74 bits per heavy atom. The van der Waals surface area contributed by atoms with Gasteiger partial charge in [0.1, 0.15) is 0 Å². The van der Waals surface area contributed by atoms with Gasteiger partial charge >= 0.3 is 0 Å². The maximum absolute atomic E-state index is 12.6. The van der Waals surface area contributed by atoms with Crippen LogP contribution < -0.4 is 5.32 Å². The Bertz CT molecular complexity index is 898. The number of hydrogen-bond donors (Lipinski definition) is 1. The summed E-state index contributed by atoms with van der Waals surface area (Å²) in [6.07, 6.45) is 0. The summed E-state index contributed by atoms with van der Waals surface area (Å²) in [5.41, 5.74) is 4.49. The number of carbonyl (C=O) groups is 1. The third kappa shape index (κ3) is 5.62. The predicted molar refractivity (Wildman–Crippen MR) is 115 cm³/mol. The van der Waals surface area contributed by atoms with Crippen molar-refractivity contribution in [2.24, 2.45) is 0 Å². The Balaban J connectivity index is 1.67. The van der Waals surface area contributed by atoms with E-state index in [0.29, 0.717) is 5.75 Å². The molecule has 0 heterocycles. The highest BCUT2D eigenvalue weighted by Gasteiger charge is 2.18. The molecular weight excluding hydrogens is 374 g/mol. The van der Waals surface area contributed by atoms with Crippen molar-refractivity contribution in [1.82, 2.24) is 5.32 Å². The number of hydrogen-bond acceptors (Lipinski definition) is 2. The van der Waals surface area contributed by atoms with Crippen LogP contribution >= 0.6 is 23.4 Å². The topological polar surface area (TPSA) is 29.1 Å². The van der Waals surface area contributed by atoms with Crippen LogP contribution in [0.25, 0.3) is 0 Å². The lowest BCUT2D eigenvalue weighted by Gasteiger charge is -2.21. The molecular formula is C23H22ClNOS. The normalized spacial score (nSPS) is 11.8. The molecule has 1 amide bonds. The third-order valence-electron chi connectivity index (χ3n) is 4.33. The monoisotopic (exact) mass is 395 g/mol. The number of aryl methyl sites for hydroxylation is 1. The van der Waals surface area contributed by atoms with Crippen LogP contribution in [0.1, 0.15) is 28.3 Å². The molecule has 0 spiro atoms. The van der Waals surface area contributed by atoms with Crippen molar-refractivity contribution in [3.05, 3.63) is 106 Å². The smallest absolute Gasteiger partial charge is 0.230 e. The fourth-order valence-electron chi connectivity index (χ4n) is 2.99. The quantitative estimate of drug-likeness (QED) is 0.548. The molecule has 0 aliphatic heterocycles. The van der Waals surface area contributed by atoms with Crippen LogP contribution in [0.3, 0.4) is 0 Å². The van der Waals surface area contributed by atoms with Crippen molar-refractivity contribution in [3.8, 4) is 0 Å². The van der Waals surface area contributed by atoms with Crippen molar-refractivity contribution in [3.63, 3.8) is 0 Å². The molecule has 2 nitrogen and oxygen atoms in total. The van der Waals surface area contributed by atoms with Crippen molar-refractivity contribution < 1.29 is 4.79 Å². The van der Waals surface area contributed by atoms with E-state index in [4.69, 9.17) is 11.6 Å². The molecule has 0 aliphatic carbocycles. The number of benzene rings is 3. The highest BCUT2D eigenvalue weighted by atomic mass is 35.5. The SMILES string of the molecule is Cc1ccccc1[C@H](NC(=O)CSCc1cccc(Cl)c1)c1ccccc1. The second-order valence-electron chi connectivity index (χ2n) is 6.39. The van der Waals surface area contributed by atoms with E-state index in [9.17, 15) is 4.79 Å². The molecule has 4 heteroatoms. The van der Waals surface area contributed by atoms with Gasteiger partial charge in [0.05, 0.1) is 11.8 Å². The molecule has 3 rings (SSSR count). The molecule has 0 unspecified atom stereocenters. The minimum absolute atomic E-state index is 0.0270. The number of nitrogens with one attached hydrogen (secondary N) is 1. The van der Waals surface area contributed by atoms with E-state index in [0.717, 1.165) is 27.5 Å². The summed E-state index contributed by atoms with van der Waals surface area (Å²) in [5, 5.41) is 3.93. The lowest BCUT2D eigenvalue weighted by Crippen LogP contribution is -2.31. The molecule has 138 valence electrons. The van der Waals surface area contributed by atoms with Gasteiger partial charge in [-0.3, -0.25) is 4.79 Å². The standard InChI is InChI=1S/C23H22ClNOS/c1-17-8-5-6-13-21(17)23(19-10-3-2-4-11-19)25-22(26)16-27-15-18-9-7-12-20(24)14-18/h2-14,23H,15-16H2,1H3,(H,25,26)/t23-/m1/s1. The fourth-order valence-corrected chi connectivity index (χ4v) is 3.99. The highest BCUT2D eigenvalue weighted by molar-refractivity contribution is 7.99. The van der Waals surface area contributed by atoms with Crippen molar-refractivity contribution in [1.29, 1.82) is 0 Å². The highest BCUT2D eigenvalue weighted by Crippen LogP contribution is 2.25. The third-order valence-corrected chi connectivity index (χ3v) is 5.57. The molecule has 0 radical (unpaired) electrons. The van der Waals surface area contributed by atoms with Crippen LogP contribution in [0.5, 0.6) is 0 Å². The number of rotatable bonds is 7. The first kappa shape index (κ1) is 19.5. The molecule has 0 aliphatic rings. The van der Waals surface area contributed by atoms with E-state index in [1.165, 1.54) is 5.56 Å². The van der Waals surface area contributed by atoms with Crippen molar-refractivity contribution >= 4 is 29.3 Å². The number of carbonyl (C=O) groups excluding carboxylic acids is 1. The minimum atomic E-state index is -0.147. The molecule has 0 bridgehead atoms. The maximum atomic E-state index is 12.6. The van der Waals surface area contributed by atoms with E-state index >= 15 is 0 Å². The van der Waals surface area contributed by atoms with Crippen LogP contribution in [0, 0.1) is 6.92 Å². The number of amides is 1. The summed E-state index contributed by atoms with van der Waals surface area (Å²) in [7, 11) is 0. The van der Waals surface area contributed by atoms with Crippen molar-refractivity contribution in [2.45, 2.75) is 18.7 Å². The van der Waals surface area contributed by atoms with E-state index < -0.39 is 0 Å². The Hall–Kier alpha value is -2.23. The molecule has 0 saturated heterocycles. The Kier molecular flexibility index (Phi) is 6.97. The summed E-state index contributed by atoms with van der Waals surface area (Å²) >= 11 is 7.61. The van der Waals surface area contributed by atoms with Gasteiger partial charge in [0, 0.05) is 10.8 Å². The van der Waals surface area contributed by atoms with Gasteiger partial charge in [-0.05, 0) is 41.3 Å². The molecule has 0 fully saturated rings. The zero-order valence-corrected chi connectivity index (χ0v) is 16.8. The van der Waals surface area contributed by atoms with Gasteiger partial charge in [-0.15, -0.1) is 11.8 Å². The average molecular weight is 396 g/mol. The summed E-state index contributed by atoms with van der Waals surface area (Å²) in [4.78, 5) is 12.6. The predicted octanol–water partition coefficient (Wildman–Crippen LogP) is 5.79. The summed E-state index contributed by atoms with van der Waals surface area (Å²) in [6.45, 7) is 2.07. The van der Waals surface area contributed by atoms with Crippen LogP contribution in [0.15, 0.2) is 78.9 Å². The second kappa shape index (κ2) is 9.63. The van der Waals surface area contributed by atoms with Crippen LogP contribution in [0.4, 0.5) is 0 Å². The molecule has 27 heavy (non-hydrogen) atoms. The summed E-state index contributed by atoms with van der Waals surface area (Å²) in [6, 6.07) is 25.9. The molecule has 0 aromatic heterocycles. The van der Waals surface area contributed by atoms with E-state index in [-0.39, 0.29) is 11.9 Å². The zero-order valence-electron chi connectivity index (χ0n) is 15.2. The molecule has 1 N–H and O–H groups in total. The lowest BCUT2D eigenvalue weighted by atomic mass is 9.95. The largest absolute Gasteiger partial charge is 0.344 e. The van der Waals surface area contributed by atoms with Gasteiger partial charge in [-0.25, -0.2) is 0 Å². The molecule has 3 aromatic carbocycles. The fraction of sp³-hybridized carbons (Fsp3) is 0.174. The van der Waals surface area contributed by atoms with E-state index in [1.807, 2.05) is 54.6 Å². The van der Waals surface area contributed by atoms with Gasteiger partial charge in [0.2, 0.25) is 5.91 Å². The summed E-state index contributed by atoms with van der Waals surface area (Å²) in [5.74, 6) is 1.19. The number of halogens is 1. The van der Waals surface area contributed by atoms with Gasteiger partial charge in [0.15, 0.2) is 0 Å². The zero-order chi connectivity index (χ0) is 19.1. The lowest BCUT2D eigenvalue weighted by molar-refractivity contribution is -0.119. The Labute approximate surface area is 170 Å². The molecule has 1 atom stereocenters. The van der Waals surface area contributed by atoms with Gasteiger partial charge in [-0.2, -0.15) is 0 Å². The molecule has 0 saturated carbocycles. The minimum Gasteiger partial charge on any atom is -0.344 e. The van der Waals surface area contributed by atoms with Gasteiger partial charge in [0.25, 0.3) is 0 Å². The second-order valence-corrected chi connectivity index (χ2v) is 7.81. The summed E-state index contributed by atoms with van der Waals surface area (Å²) < 4.78 is 0. The Morgan fingerprint density at radius 1 is 1.00 bits per heavy atom. The van der Waals surface area contributed by atoms with Crippen molar-refractivity contribution in [2.75, 3.05) is 5.75 Å². The van der Waals surface area contributed by atoms with E-state index in [2.05, 4.69) is 36.5 Å². The Morgan fingerprint density at radius 3 is 2.48 bits per heavy atom. The van der Waals surface area contributed by atoms with Crippen LogP contribution in [0.2, 0.25) is 5.02 Å². The average Bonchev–Trinajstić information content (AvgIpc) is 2.68. The molecule has 3 aromatic rings. The van der Waals surface area contributed by atoms with Gasteiger partial charge in [-0.1, -0.05) is 78.3 Å². The van der Waals surface area contributed by atoms with Gasteiger partial charge < -0.3 is 5.32 Å². The number of thioether (sulfide) groups is 1. The van der Waals surface area contributed by atoms with E-state index in [1.54, 1.807) is 11.8 Å². The first-order valence-electron chi connectivity index (χ1n) is 8.85. The van der Waals surface area contributed by atoms with Crippen LogP contribution in [-0.4, -0.2) is 11.7 Å². The van der Waals surface area contributed by atoms with Crippen LogP contribution in [-0.2, 0) is 10.5 Å². The maximum Gasteiger partial charge on any atom is 0.230 e. The first-order chi connectivity index (χ1) is 13.1. The first-order valence-corrected chi connectivity index (χ1v) is 10.4.